The van der Waals surface area contributed by atoms with Gasteiger partial charge in [-0.15, -0.1) is 0 Å². The van der Waals surface area contributed by atoms with Crippen molar-refractivity contribution >= 4 is 6.03 Å². The Hall–Kier alpha value is -0.770. The van der Waals surface area contributed by atoms with E-state index in [0.717, 1.165) is 44.7 Å². The first kappa shape index (κ1) is 15.3. The maximum absolute atomic E-state index is 12.5. The Balaban J connectivity index is 2.70. The van der Waals surface area contributed by atoms with Crippen LogP contribution in [0.1, 0.15) is 46.5 Å². The summed E-state index contributed by atoms with van der Waals surface area (Å²) in [5.74, 6) is 0.746. The summed E-state index contributed by atoms with van der Waals surface area (Å²) in [6, 6.07) is 0.149. The second-order valence-electron chi connectivity index (χ2n) is 5.65. The molecular weight excluding hydrogens is 226 g/mol. The molecule has 0 radical (unpaired) electrons. The number of nitrogens with two attached hydrogens (primary N) is 1. The van der Waals surface area contributed by atoms with Crippen LogP contribution in [0.2, 0.25) is 0 Å². The van der Waals surface area contributed by atoms with Gasteiger partial charge in [0.15, 0.2) is 0 Å². The molecule has 0 aromatic heterocycles. The molecule has 0 saturated carbocycles. The van der Waals surface area contributed by atoms with Crippen LogP contribution in [0.3, 0.4) is 0 Å². The lowest BCUT2D eigenvalue weighted by Gasteiger charge is -2.43. The number of urea groups is 1. The van der Waals surface area contributed by atoms with Crippen molar-refractivity contribution in [1.29, 1.82) is 0 Å². The van der Waals surface area contributed by atoms with E-state index in [1.54, 1.807) is 0 Å². The van der Waals surface area contributed by atoms with Crippen molar-refractivity contribution in [1.82, 2.24) is 9.80 Å². The van der Waals surface area contributed by atoms with Crippen LogP contribution in [-0.2, 0) is 0 Å². The zero-order valence-electron chi connectivity index (χ0n) is 12.4. The SMILES string of the molecule is CCC(CC)(CN)N(C)C(=O)N1CCC(C)CC1. The smallest absolute Gasteiger partial charge is 0.320 e. The molecule has 4 heteroatoms. The summed E-state index contributed by atoms with van der Waals surface area (Å²) in [6.45, 7) is 8.79. The zero-order valence-corrected chi connectivity index (χ0v) is 12.4. The zero-order chi connectivity index (χ0) is 13.8. The second-order valence-corrected chi connectivity index (χ2v) is 5.65. The molecule has 106 valence electrons. The fourth-order valence-corrected chi connectivity index (χ4v) is 2.76. The number of carbonyl (C=O) groups excluding carboxylic acids is 1. The van der Waals surface area contributed by atoms with E-state index in [4.69, 9.17) is 5.73 Å². The highest BCUT2D eigenvalue weighted by molar-refractivity contribution is 5.75. The molecule has 4 nitrogen and oxygen atoms in total. The summed E-state index contributed by atoms with van der Waals surface area (Å²) in [6.07, 6.45) is 4.06. The summed E-state index contributed by atoms with van der Waals surface area (Å²) in [7, 11) is 1.90. The van der Waals surface area contributed by atoms with Gasteiger partial charge in [0.05, 0.1) is 5.54 Å². The predicted octanol–water partition coefficient (Wildman–Crippen LogP) is 2.29. The molecule has 0 spiro atoms. The molecular formula is C14H29N3O. The monoisotopic (exact) mass is 255 g/mol. The molecule has 1 aliphatic heterocycles. The molecule has 1 heterocycles. The van der Waals surface area contributed by atoms with Gasteiger partial charge in [-0.1, -0.05) is 20.8 Å². The minimum atomic E-state index is -0.180. The Morgan fingerprint density at radius 3 is 2.22 bits per heavy atom. The first-order chi connectivity index (χ1) is 8.50. The molecule has 0 aromatic rings. The highest BCUT2D eigenvalue weighted by Crippen LogP contribution is 2.24. The van der Waals surface area contributed by atoms with Gasteiger partial charge >= 0.3 is 6.03 Å². The van der Waals surface area contributed by atoms with E-state index in [9.17, 15) is 4.79 Å². The maximum Gasteiger partial charge on any atom is 0.320 e. The minimum absolute atomic E-state index is 0.149. The highest BCUT2D eigenvalue weighted by atomic mass is 16.2. The topological polar surface area (TPSA) is 49.6 Å². The lowest BCUT2D eigenvalue weighted by molar-refractivity contribution is 0.0894. The first-order valence-electron chi connectivity index (χ1n) is 7.23. The van der Waals surface area contributed by atoms with Crippen molar-refractivity contribution in [3.05, 3.63) is 0 Å². The number of nitrogens with zero attached hydrogens (tertiary/aromatic N) is 2. The molecule has 1 fully saturated rings. The lowest BCUT2D eigenvalue weighted by atomic mass is 9.91. The van der Waals surface area contributed by atoms with E-state index in [-0.39, 0.29) is 11.6 Å². The van der Waals surface area contributed by atoms with Crippen molar-refractivity contribution in [3.8, 4) is 0 Å². The van der Waals surface area contributed by atoms with Gasteiger partial charge in [-0.2, -0.15) is 0 Å². The Morgan fingerprint density at radius 2 is 1.83 bits per heavy atom. The largest absolute Gasteiger partial charge is 0.328 e. The molecule has 1 saturated heterocycles. The number of amides is 2. The molecule has 2 N–H and O–H groups in total. The number of hydrogen-bond donors (Lipinski definition) is 1. The van der Waals surface area contributed by atoms with Gasteiger partial charge in [0.1, 0.15) is 0 Å². The van der Waals surface area contributed by atoms with Crippen LogP contribution in [0.15, 0.2) is 0 Å². The molecule has 1 rings (SSSR count). The molecule has 0 unspecified atom stereocenters. The average Bonchev–Trinajstić information content (AvgIpc) is 2.41. The van der Waals surface area contributed by atoms with Crippen LogP contribution in [0.4, 0.5) is 4.79 Å². The van der Waals surface area contributed by atoms with E-state index in [0.29, 0.717) is 6.54 Å². The third kappa shape index (κ3) is 2.97. The van der Waals surface area contributed by atoms with Gasteiger partial charge in [0.2, 0.25) is 0 Å². The Labute approximate surface area is 111 Å². The van der Waals surface area contributed by atoms with E-state index < -0.39 is 0 Å². The fraction of sp³-hybridized carbons (Fsp3) is 0.929. The molecule has 1 aliphatic rings. The molecule has 0 bridgehead atoms. The van der Waals surface area contributed by atoms with Gasteiger partial charge in [-0.25, -0.2) is 4.79 Å². The number of rotatable bonds is 4. The Bertz CT molecular complexity index is 260. The quantitative estimate of drug-likeness (QED) is 0.838. The van der Waals surface area contributed by atoms with Gasteiger partial charge in [0.25, 0.3) is 0 Å². The molecule has 0 aromatic carbocycles. The minimum Gasteiger partial charge on any atom is -0.328 e. The number of carbonyl (C=O) groups is 1. The van der Waals surface area contributed by atoms with Crippen LogP contribution in [0, 0.1) is 5.92 Å². The van der Waals surface area contributed by atoms with Crippen molar-refractivity contribution in [2.45, 2.75) is 52.0 Å². The van der Waals surface area contributed by atoms with E-state index in [1.165, 1.54) is 0 Å². The molecule has 2 amide bonds. The average molecular weight is 255 g/mol. The van der Waals surface area contributed by atoms with Crippen LogP contribution < -0.4 is 5.73 Å². The van der Waals surface area contributed by atoms with E-state index in [2.05, 4.69) is 20.8 Å². The van der Waals surface area contributed by atoms with Gasteiger partial charge in [-0.3, -0.25) is 0 Å². The first-order valence-corrected chi connectivity index (χ1v) is 7.23. The third-order valence-electron chi connectivity index (χ3n) is 4.75. The normalized spacial score (nSPS) is 17.9. The van der Waals surface area contributed by atoms with Gasteiger partial charge < -0.3 is 15.5 Å². The number of piperidine rings is 1. The van der Waals surface area contributed by atoms with Crippen LogP contribution in [0.25, 0.3) is 0 Å². The van der Waals surface area contributed by atoms with Gasteiger partial charge in [0, 0.05) is 26.7 Å². The number of likely N-dealkylation sites (N-methyl/N-ethyl adjacent to an activating group) is 1. The van der Waals surface area contributed by atoms with Gasteiger partial charge in [-0.05, 0) is 31.6 Å². The van der Waals surface area contributed by atoms with Crippen molar-refractivity contribution in [2.24, 2.45) is 11.7 Å². The summed E-state index contributed by atoms with van der Waals surface area (Å²) in [5, 5.41) is 0. The van der Waals surface area contributed by atoms with Crippen LogP contribution in [-0.4, -0.2) is 48.1 Å². The Morgan fingerprint density at radius 1 is 1.33 bits per heavy atom. The number of likely N-dealkylation sites (tertiary alicyclic amines) is 1. The predicted molar refractivity (Wildman–Crippen MR) is 75.5 cm³/mol. The van der Waals surface area contributed by atoms with Crippen LogP contribution in [0.5, 0.6) is 0 Å². The fourth-order valence-electron chi connectivity index (χ4n) is 2.76. The molecule has 18 heavy (non-hydrogen) atoms. The highest BCUT2D eigenvalue weighted by Gasteiger charge is 2.35. The standard InChI is InChI=1S/C14H29N3O/c1-5-14(6-2,11-15)16(4)13(18)17-9-7-12(3)8-10-17/h12H,5-11,15H2,1-4H3. The second kappa shape index (κ2) is 6.41. The molecule has 0 aliphatic carbocycles. The van der Waals surface area contributed by atoms with Crippen LogP contribution >= 0.6 is 0 Å². The maximum atomic E-state index is 12.5. The lowest BCUT2D eigenvalue weighted by Crippen LogP contribution is -2.58. The van der Waals surface area contributed by atoms with Crippen molar-refractivity contribution in [2.75, 3.05) is 26.7 Å². The Kier molecular flexibility index (Phi) is 5.45. The van der Waals surface area contributed by atoms with E-state index >= 15 is 0 Å². The summed E-state index contributed by atoms with van der Waals surface area (Å²) < 4.78 is 0. The summed E-state index contributed by atoms with van der Waals surface area (Å²) >= 11 is 0. The molecule has 0 atom stereocenters. The number of hydrogen-bond acceptors (Lipinski definition) is 2. The summed E-state index contributed by atoms with van der Waals surface area (Å²) in [5.41, 5.74) is 5.73. The van der Waals surface area contributed by atoms with Crippen molar-refractivity contribution < 1.29 is 4.79 Å². The van der Waals surface area contributed by atoms with E-state index in [1.807, 2.05) is 16.8 Å². The van der Waals surface area contributed by atoms with Crippen molar-refractivity contribution in [3.63, 3.8) is 0 Å². The summed E-state index contributed by atoms with van der Waals surface area (Å²) in [4.78, 5) is 16.4. The third-order valence-corrected chi connectivity index (χ3v) is 4.75.